The Morgan fingerprint density at radius 1 is 1.17 bits per heavy atom. The Labute approximate surface area is 76.4 Å². The molecule has 0 aliphatic rings. The number of hydrogen-bond acceptors (Lipinski definition) is 2. The minimum atomic E-state index is -0.183. The van der Waals surface area contributed by atoms with Gasteiger partial charge in [0.05, 0.1) is 6.10 Å². The molecule has 12 heavy (non-hydrogen) atoms. The van der Waals surface area contributed by atoms with Crippen molar-refractivity contribution in [2.75, 3.05) is 6.54 Å². The van der Waals surface area contributed by atoms with Crippen LogP contribution in [0, 0.1) is 5.92 Å². The van der Waals surface area contributed by atoms with Gasteiger partial charge in [0.25, 0.3) is 0 Å². The van der Waals surface area contributed by atoms with Crippen molar-refractivity contribution in [3.63, 3.8) is 0 Å². The molecular weight excluding hydrogens is 150 g/mol. The molecule has 0 rings (SSSR count). The fourth-order valence-electron chi connectivity index (χ4n) is 1.28. The van der Waals surface area contributed by atoms with E-state index in [1.165, 1.54) is 0 Å². The van der Waals surface area contributed by atoms with Gasteiger partial charge in [-0.05, 0) is 18.8 Å². The fourth-order valence-corrected chi connectivity index (χ4v) is 1.28. The van der Waals surface area contributed by atoms with Gasteiger partial charge in [0.1, 0.15) is 0 Å². The highest BCUT2D eigenvalue weighted by Gasteiger charge is 2.11. The largest absolute Gasteiger partial charge is 0.392 e. The first-order valence-corrected chi connectivity index (χ1v) is 5.03. The van der Waals surface area contributed by atoms with Crippen molar-refractivity contribution in [2.45, 2.75) is 52.7 Å². The van der Waals surface area contributed by atoms with Crippen molar-refractivity contribution in [1.82, 2.24) is 5.32 Å². The van der Waals surface area contributed by atoms with Crippen molar-refractivity contribution < 1.29 is 5.11 Å². The molecule has 2 atom stereocenters. The third-order valence-electron chi connectivity index (χ3n) is 2.33. The molecule has 0 fully saturated rings. The summed E-state index contributed by atoms with van der Waals surface area (Å²) in [7, 11) is 0. The number of rotatable bonds is 6. The van der Waals surface area contributed by atoms with Crippen molar-refractivity contribution in [3.8, 4) is 0 Å². The van der Waals surface area contributed by atoms with Gasteiger partial charge in [0.2, 0.25) is 0 Å². The molecule has 0 aromatic heterocycles. The fraction of sp³-hybridized carbons (Fsp3) is 1.00. The Hall–Kier alpha value is -0.0800. The van der Waals surface area contributed by atoms with Crippen LogP contribution < -0.4 is 5.32 Å². The van der Waals surface area contributed by atoms with Gasteiger partial charge >= 0.3 is 0 Å². The molecule has 74 valence electrons. The van der Waals surface area contributed by atoms with Crippen LogP contribution in [0.15, 0.2) is 0 Å². The average molecular weight is 173 g/mol. The summed E-state index contributed by atoms with van der Waals surface area (Å²) >= 11 is 0. The van der Waals surface area contributed by atoms with Crippen LogP contribution in [0.5, 0.6) is 0 Å². The van der Waals surface area contributed by atoms with Crippen molar-refractivity contribution >= 4 is 0 Å². The Morgan fingerprint density at radius 3 is 2.08 bits per heavy atom. The summed E-state index contributed by atoms with van der Waals surface area (Å²) in [5.74, 6) is 0.652. The molecule has 0 aromatic rings. The first-order valence-electron chi connectivity index (χ1n) is 5.03. The van der Waals surface area contributed by atoms with Crippen LogP contribution in [0.4, 0.5) is 0 Å². The van der Waals surface area contributed by atoms with Gasteiger partial charge in [-0.25, -0.2) is 0 Å². The molecule has 0 aliphatic heterocycles. The van der Waals surface area contributed by atoms with Gasteiger partial charge < -0.3 is 10.4 Å². The van der Waals surface area contributed by atoms with E-state index in [9.17, 15) is 5.11 Å². The highest BCUT2D eigenvalue weighted by Crippen LogP contribution is 2.05. The third kappa shape index (κ3) is 4.73. The van der Waals surface area contributed by atoms with Crippen LogP contribution >= 0.6 is 0 Å². The molecule has 2 N–H and O–H groups in total. The summed E-state index contributed by atoms with van der Waals surface area (Å²) in [5, 5.41) is 12.7. The van der Waals surface area contributed by atoms with Crippen molar-refractivity contribution in [1.29, 1.82) is 0 Å². The predicted octanol–water partition coefficient (Wildman–Crippen LogP) is 1.78. The second kappa shape index (κ2) is 6.44. The molecule has 0 saturated carbocycles. The van der Waals surface area contributed by atoms with E-state index in [2.05, 4.69) is 26.1 Å². The molecule has 0 heterocycles. The van der Waals surface area contributed by atoms with E-state index < -0.39 is 0 Å². The molecule has 2 heteroatoms. The quantitative estimate of drug-likeness (QED) is 0.641. The molecule has 2 unspecified atom stereocenters. The summed E-state index contributed by atoms with van der Waals surface area (Å²) in [6, 6.07) is 0.547. The molecule has 2 nitrogen and oxygen atoms in total. The molecule has 0 aliphatic carbocycles. The Bertz CT molecular complexity index is 104. The third-order valence-corrected chi connectivity index (χ3v) is 2.33. The number of nitrogens with one attached hydrogen (secondary N) is 1. The molecule has 0 radical (unpaired) electrons. The van der Waals surface area contributed by atoms with Gasteiger partial charge in [0.15, 0.2) is 0 Å². The highest BCUT2D eigenvalue weighted by atomic mass is 16.3. The second-order valence-electron chi connectivity index (χ2n) is 3.73. The Morgan fingerprint density at radius 2 is 1.75 bits per heavy atom. The van der Waals surface area contributed by atoms with E-state index >= 15 is 0 Å². The number of aliphatic hydroxyl groups excluding tert-OH is 1. The average Bonchev–Trinajstić information content (AvgIpc) is 2.04. The van der Waals surface area contributed by atoms with E-state index in [1.807, 2.05) is 6.92 Å². The molecule has 0 spiro atoms. The summed E-state index contributed by atoms with van der Waals surface area (Å²) in [6.07, 6.45) is 1.79. The lowest BCUT2D eigenvalue weighted by atomic mass is 10.0. The molecule has 0 aromatic carbocycles. The van der Waals surface area contributed by atoms with E-state index in [0.29, 0.717) is 12.0 Å². The van der Waals surface area contributed by atoms with Crippen molar-refractivity contribution in [3.05, 3.63) is 0 Å². The number of hydrogen-bond donors (Lipinski definition) is 2. The smallest absolute Gasteiger partial charge is 0.0662 e. The first-order chi connectivity index (χ1) is 5.61. The maximum Gasteiger partial charge on any atom is 0.0662 e. The minimum Gasteiger partial charge on any atom is -0.392 e. The highest BCUT2D eigenvalue weighted by molar-refractivity contribution is 4.70. The lowest BCUT2D eigenvalue weighted by molar-refractivity contribution is 0.158. The zero-order valence-electron chi connectivity index (χ0n) is 8.80. The molecular formula is C10H23NO. The van der Waals surface area contributed by atoms with Crippen molar-refractivity contribution in [2.24, 2.45) is 5.92 Å². The maximum absolute atomic E-state index is 9.32. The van der Waals surface area contributed by atoms with Gasteiger partial charge in [-0.1, -0.05) is 27.7 Å². The van der Waals surface area contributed by atoms with Crippen LogP contribution in [0.25, 0.3) is 0 Å². The van der Waals surface area contributed by atoms with E-state index in [1.54, 1.807) is 0 Å². The van der Waals surface area contributed by atoms with Gasteiger partial charge in [0, 0.05) is 12.6 Å². The van der Waals surface area contributed by atoms with Crippen LogP contribution in [-0.2, 0) is 0 Å². The Balaban J connectivity index is 3.58. The number of aliphatic hydroxyl groups is 1. The minimum absolute atomic E-state index is 0.183. The molecule has 0 saturated heterocycles. The van der Waals surface area contributed by atoms with Crippen LogP contribution in [-0.4, -0.2) is 23.8 Å². The van der Waals surface area contributed by atoms with E-state index in [0.717, 1.165) is 19.4 Å². The Kier molecular flexibility index (Phi) is 6.39. The topological polar surface area (TPSA) is 32.3 Å². The molecule has 0 amide bonds. The standard InChI is InChI=1S/C10H23NO/c1-5-9(12)7-11-10(6-2)8(3)4/h8-12H,5-7H2,1-4H3. The van der Waals surface area contributed by atoms with Gasteiger partial charge in [-0.15, -0.1) is 0 Å². The zero-order chi connectivity index (χ0) is 9.56. The first kappa shape index (κ1) is 11.9. The van der Waals surface area contributed by atoms with E-state index in [4.69, 9.17) is 0 Å². The summed E-state index contributed by atoms with van der Waals surface area (Å²) < 4.78 is 0. The molecule has 0 bridgehead atoms. The van der Waals surface area contributed by atoms with Crippen LogP contribution in [0.3, 0.4) is 0 Å². The monoisotopic (exact) mass is 173 g/mol. The normalized spacial score (nSPS) is 16.5. The van der Waals surface area contributed by atoms with Crippen LogP contribution in [0.1, 0.15) is 40.5 Å². The van der Waals surface area contributed by atoms with Gasteiger partial charge in [-0.2, -0.15) is 0 Å². The van der Waals surface area contributed by atoms with E-state index in [-0.39, 0.29) is 6.10 Å². The maximum atomic E-state index is 9.32. The summed E-state index contributed by atoms with van der Waals surface area (Å²) in [4.78, 5) is 0. The van der Waals surface area contributed by atoms with Crippen LogP contribution in [0.2, 0.25) is 0 Å². The summed E-state index contributed by atoms with van der Waals surface area (Å²) in [5.41, 5.74) is 0. The second-order valence-corrected chi connectivity index (χ2v) is 3.73. The SMILES string of the molecule is CCC(O)CNC(CC)C(C)C. The summed E-state index contributed by atoms with van der Waals surface area (Å²) in [6.45, 7) is 9.32. The lowest BCUT2D eigenvalue weighted by Crippen LogP contribution is -2.38. The lowest BCUT2D eigenvalue weighted by Gasteiger charge is -2.22. The zero-order valence-corrected chi connectivity index (χ0v) is 8.80. The predicted molar refractivity (Wildman–Crippen MR) is 53.2 cm³/mol. The van der Waals surface area contributed by atoms with Gasteiger partial charge in [-0.3, -0.25) is 0 Å².